The van der Waals surface area contributed by atoms with Crippen molar-refractivity contribution in [1.82, 2.24) is 24.4 Å². The third-order valence-corrected chi connectivity index (χ3v) is 6.24. The highest BCUT2D eigenvalue weighted by Gasteiger charge is 2.18. The van der Waals surface area contributed by atoms with Crippen LogP contribution in [0.3, 0.4) is 0 Å². The fourth-order valence-electron chi connectivity index (χ4n) is 4.32. The van der Waals surface area contributed by atoms with Gasteiger partial charge in [-0.15, -0.1) is 0 Å². The number of anilines is 4. The van der Waals surface area contributed by atoms with Crippen molar-refractivity contribution in [2.45, 2.75) is 18.8 Å². The van der Waals surface area contributed by atoms with Gasteiger partial charge in [-0.3, -0.25) is 9.78 Å². The summed E-state index contributed by atoms with van der Waals surface area (Å²) >= 11 is 0. The molecule has 0 aliphatic carbocycles. The Kier molecular flexibility index (Phi) is 5.75. The fourth-order valence-corrected chi connectivity index (χ4v) is 4.32. The molecule has 0 spiro atoms. The molecule has 0 bridgehead atoms. The molecular formula is C25H27N7O. The lowest BCUT2D eigenvalue weighted by Gasteiger charge is -2.29. The highest BCUT2D eigenvalue weighted by Crippen LogP contribution is 2.30. The Hall–Kier alpha value is -3.78. The monoisotopic (exact) mass is 441 g/mol. The standard InChI is InChI=1S/C25H27N7O/c1-31-12-7-18(8-13-31)17-3-5-20(6-4-17)28-24-23-19(9-14-32(2)25(23)33)15-21(30-24)29-22-16-26-10-11-27-22/h3-6,9-11,14-16,18H,7-8,12-13H2,1-2H3,(H2,27,28,29,30). The summed E-state index contributed by atoms with van der Waals surface area (Å²) in [4.78, 5) is 28.4. The number of piperidine rings is 1. The van der Waals surface area contributed by atoms with Crippen LogP contribution in [-0.2, 0) is 7.05 Å². The fraction of sp³-hybridized carbons (Fsp3) is 0.280. The molecule has 0 saturated carbocycles. The van der Waals surface area contributed by atoms with Gasteiger partial charge in [0.05, 0.1) is 11.6 Å². The summed E-state index contributed by atoms with van der Waals surface area (Å²) in [7, 11) is 3.92. The Balaban J connectivity index is 1.47. The molecule has 0 radical (unpaired) electrons. The van der Waals surface area contributed by atoms with Crippen LogP contribution in [-0.4, -0.2) is 44.6 Å². The summed E-state index contributed by atoms with van der Waals surface area (Å²) in [6.07, 6.45) is 8.99. The van der Waals surface area contributed by atoms with Gasteiger partial charge in [-0.25, -0.2) is 9.97 Å². The number of nitrogens with zero attached hydrogens (tertiary/aromatic N) is 5. The van der Waals surface area contributed by atoms with Crippen molar-refractivity contribution < 1.29 is 0 Å². The van der Waals surface area contributed by atoms with Crippen LogP contribution < -0.4 is 16.2 Å². The normalized spacial score (nSPS) is 15.0. The maximum Gasteiger partial charge on any atom is 0.261 e. The first kappa shape index (κ1) is 21.1. The van der Waals surface area contributed by atoms with Crippen molar-refractivity contribution in [2.75, 3.05) is 30.8 Å². The molecule has 5 rings (SSSR count). The zero-order valence-electron chi connectivity index (χ0n) is 18.8. The van der Waals surface area contributed by atoms with Gasteiger partial charge >= 0.3 is 0 Å². The number of likely N-dealkylation sites (tertiary alicyclic amines) is 1. The van der Waals surface area contributed by atoms with E-state index in [2.05, 4.69) is 56.8 Å². The number of benzene rings is 1. The molecule has 168 valence electrons. The molecule has 1 aromatic carbocycles. The van der Waals surface area contributed by atoms with Gasteiger partial charge in [-0.2, -0.15) is 0 Å². The van der Waals surface area contributed by atoms with Crippen LogP contribution in [0.1, 0.15) is 24.3 Å². The number of hydrogen-bond donors (Lipinski definition) is 2. The van der Waals surface area contributed by atoms with Gasteiger partial charge in [0.1, 0.15) is 17.5 Å². The number of nitrogens with one attached hydrogen (secondary N) is 2. The number of aromatic nitrogens is 4. The third-order valence-electron chi connectivity index (χ3n) is 6.24. The van der Waals surface area contributed by atoms with E-state index in [1.54, 1.807) is 36.4 Å². The Labute approximate surface area is 192 Å². The van der Waals surface area contributed by atoms with Crippen LogP contribution in [0.5, 0.6) is 0 Å². The van der Waals surface area contributed by atoms with E-state index in [1.165, 1.54) is 18.4 Å². The molecule has 3 aromatic heterocycles. The van der Waals surface area contributed by atoms with Crippen molar-refractivity contribution in [3.8, 4) is 0 Å². The number of pyridine rings is 2. The number of aryl methyl sites for hydroxylation is 1. The second-order valence-electron chi connectivity index (χ2n) is 8.59. The lowest BCUT2D eigenvalue weighted by atomic mass is 9.89. The first-order chi connectivity index (χ1) is 16.1. The minimum atomic E-state index is -0.100. The lowest BCUT2D eigenvalue weighted by molar-refractivity contribution is 0.255. The molecule has 33 heavy (non-hydrogen) atoms. The number of fused-ring (bicyclic) bond motifs is 1. The average molecular weight is 442 g/mol. The topological polar surface area (TPSA) is 88.0 Å². The van der Waals surface area contributed by atoms with E-state index in [0.717, 1.165) is 24.2 Å². The quantitative estimate of drug-likeness (QED) is 0.484. The van der Waals surface area contributed by atoms with Crippen LogP contribution in [0.4, 0.5) is 23.1 Å². The summed E-state index contributed by atoms with van der Waals surface area (Å²) in [6, 6.07) is 12.3. The molecule has 0 amide bonds. The van der Waals surface area contributed by atoms with Crippen molar-refractivity contribution in [3.05, 3.63) is 77.1 Å². The van der Waals surface area contributed by atoms with Crippen molar-refractivity contribution in [1.29, 1.82) is 0 Å². The zero-order valence-corrected chi connectivity index (χ0v) is 18.8. The van der Waals surface area contributed by atoms with E-state index in [4.69, 9.17) is 4.98 Å². The van der Waals surface area contributed by atoms with E-state index < -0.39 is 0 Å². The summed E-state index contributed by atoms with van der Waals surface area (Å²) in [6.45, 7) is 2.27. The first-order valence-corrected chi connectivity index (χ1v) is 11.2. The van der Waals surface area contributed by atoms with Crippen molar-refractivity contribution >= 4 is 33.9 Å². The highest BCUT2D eigenvalue weighted by molar-refractivity contribution is 5.94. The van der Waals surface area contributed by atoms with Crippen LogP contribution in [0.15, 0.2) is 66.0 Å². The molecule has 0 atom stereocenters. The summed E-state index contributed by atoms with van der Waals surface area (Å²) in [5, 5.41) is 7.89. The Morgan fingerprint density at radius 1 is 0.970 bits per heavy atom. The van der Waals surface area contributed by atoms with Gasteiger partial charge in [0.15, 0.2) is 0 Å². The van der Waals surface area contributed by atoms with Crippen molar-refractivity contribution in [3.63, 3.8) is 0 Å². The Morgan fingerprint density at radius 2 is 1.76 bits per heavy atom. The molecule has 8 nitrogen and oxygen atoms in total. The highest BCUT2D eigenvalue weighted by atomic mass is 16.1. The maximum absolute atomic E-state index is 12.9. The van der Waals surface area contributed by atoms with E-state index >= 15 is 0 Å². The van der Waals surface area contributed by atoms with E-state index in [-0.39, 0.29) is 5.56 Å². The van der Waals surface area contributed by atoms with Crippen LogP contribution >= 0.6 is 0 Å². The average Bonchev–Trinajstić information content (AvgIpc) is 2.83. The van der Waals surface area contributed by atoms with Crippen LogP contribution in [0.25, 0.3) is 10.8 Å². The Bertz CT molecular complexity index is 1310. The van der Waals surface area contributed by atoms with Crippen LogP contribution in [0.2, 0.25) is 0 Å². The van der Waals surface area contributed by atoms with Crippen molar-refractivity contribution in [2.24, 2.45) is 7.05 Å². The van der Waals surface area contributed by atoms with E-state index in [1.807, 2.05) is 12.1 Å². The molecule has 4 aromatic rings. The molecule has 8 heteroatoms. The summed E-state index contributed by atoms with van der Waals surface area (Å²) < 4.78 is 1.56. The predicted octanol–water partition coefficient (Wildman–Crippen LogP) is 4.02. The predicted molar refractivity (Wildman–Crippen MR) is 131 cm³/mol. The summed E-state index contributed by atoms with van der Waals surface area (Å²) in [5.41, 5.74) is 2.15. The second-order valence-corrected chi connectivity index (χ2v) is 8.59. The molecule has 1 fully saturated rings. The Morgan fingerprint density at radius 3 is 2.48 bits per heavy atom. The first-order valence-electron chi connectivity index (χ1n) is 11.2. The van der Waals surface area contributed by atoms with Crippen LogP contribution in [0, 0.1) is 0 Å². The largest absolute Gasteiger partial charge is 0.339 e. The molecule has 0 unspecified atom stereocenters. The van der Waals surface area contributed by atoms with Gasteiger partial charge in [-0.05, 0) is 74.1 Å². The smallest absolute Gasteiger partial charge is 0.261 e. The van der Waals surface area contributed by atoms with Gasteiger partial charge in [0.25, 0.3) is 5.56 Å². The summed E-state index contributed by atoms with van der Waals surface area (Å²) in [5.74, 6) is 2.27. The second kappa shape index (κ2) is 8.99. The molecular weight excluding hydrogens is 414 g/mol. The molecule has 2 N–H and O–H groups in total. The van der Waals surface area contributed by atoms with Gasteiger partial charge in [-0.1, -0.05) is 12.1 Å². The third kappa shape index (κ3) is 4.56. The maximum atomic E-state index is 12.9. The minimum Gasteiger partial charge on any atom is -0.339 e. The van der Waals surface area contributed by atoms with E-state index in [0.29, 0.717) is 28.8 Å². The molecule has 1 aliphatic heterocycles. The van der Waals surface area contributed by atoms with Gasteiger partial charge in [0.2, 0.25) is 0 Å². The minimum absolute atomic E-state index is 0.100. The SMILES string of the molecule is CN1CCC(c2ccc(Nc3nc(Nc4cnccn4)cc4ccn(C)c(=O)c34)cc2)CC1. The number of rotatable bonds is 5. The lowest BCUT2D eigenvalue weighted by Crippen LogP contribution is -2.29. The molecule has 4 heterocycles. The molecule has 1 saturated heterocycles. The molecule has 1 aliphatic rings. The van der Waals surface area contributed by atoms with Gasteiger partial charge < -0.3 is 20.1 Å². The zero-order chi connectivity index (χ0) is 22.8. The van der Waals surface area contributed by atoms with Gasteiger partial charge in [0, 0.05) is 31.3 Å². The van der Waals surface area contributed by atoms with E-state index in [9.17, 15) is 4.79 Å². The number of hydrogen-bond acceptors (Lipinski definition) is 7.